The third-order valence-electron chi connectivity index (χ3n) is 4.02. The number of methoxy groups -OCH3 is 1. The molecule has 2 aromatic rings. The molecule has 0 fully saturated rings. The lowest BCUT2D eigenvalue weighted by Gasteiger charge is -2.08. The standard InChI is InChI=1S/C20H16N2O7/c1-11-4-6-14(10-16(11)22(25)26)19-21-15(20(24)29-19)8-13-5-7-17(27-3)18(9-13)28-12(2)23/h4-10H,1-3H3. The van der Waals surface area contributed by atoms with Gasteiger partial charge in [0, 0.05) is 24.1 Å². The molecule has 1 aliphatic rings. The zero-order chi connectivity index (χ0) is 21.1. The van der Waals surface area contributed by atoms with Gasteiger partial charge in [0.25, 0.3) is 5.69 Å². The van der Waals surface area contributed by atoms with Crippen LogP contribution in [0.2, 0.25) is 0 Å². The Kier molecular flexibility index (Phi) is 5.40. The Morgan fingerprint density at radius 1 is 1.21 bits per heavy atom. The molecule has 0 unspecified atom stereocenters. The maximum absolute atomic E-state index is 12.2. The fraction of sp³-hybridized carbons (Fsp3) is 0.150. The monoisotopic (exact) mass is 396 g/mol. The number of hydrogen-bond acceptors (Lipinski definition) is 8. The van der Waals surface area contributed by atoms with E-state index in [1.165, 1.54) is 32.2 Å². The van der Waals surface area contributed by atoms with Gasteiger partial charge in [0.15, 0.2) is 17.2 Å². The van der Waals surface area contributed by atoms with Gasteiger partial charge in [0.2, 0.25) is 5.90 Å². The quantitative estimate of drug-likeness (QED) is 0.250. The van der Waals surface area contributed by atoms with Gasteiger partial charge in [-0.25, -0.2) is 9.79 Å². The van der Waals surface area contributed by atoms with E-state index in [0.29, 0.717) is 22.4 Å². The molecule has 29 heavy (non-hydrogen) atoms. The number of carbonyl (C=O) groups excluding carboxylic acids is 2. The number of nitrogens with zero attached hydrogens (tertiary/aromatic N) is 2. The largest absolute Gasteiger partial charge is 0.493 e. The lowest BCUT2D eigenvalue weighted by Crippen LogP contribution is -2.06. The fourth-order valence-corrected chi connectivity index (χ4v) is 2.65. The molecule has 0 aromatic heterocycles. The summed E-state index contributed by atoms with van der Waals surface area (Å²) in [5.41, 5.74) is 1.22. The second-order valence-electron chi connectivity index (χ2n) is 6.10. The van der Waals surface area contributed by atoms with Crippen molar-refractivity contribution in [3.8, 4) is 11.5 Å². The topological polar surface area (TPSA) is 117 Å². The molecule has 0 aliphatic carbocycles. The van der Waals surface area contributed by atoms with E-state index < -0.39 is 16.9 Å². The minimum atomic E-state index is -0.701. The first-order valence-electron chi connectivity index (χ1n) is 8.43. The first-order valence-corrected chi connectivity index (χ1v) is 8.43. The van der Waals surface area contributed by atoms with Crippen LogP contribution in [0.3, 0.4) is 0 Å². The molecule has 0 amide bonds. The SMILES string of the molecule is COc1ccc(C=C2N=C(c3ccc(C)c([N+](=O)[O-])c3)OC2=O)cc1OC(C)=O. The predicted molar refractivity (Wildman–Crippen MR) is 103 cm³/mol. The number of rotatable bonds is 5. The summed E-state index contributed by atoms with van der Waals surface area (Å²) in [6, 6.07) is 9.19. The van der Waals surface area contributed by atoms with E-state index in [1.54, 1.807) is 31.2 Å². The van der Waals surface area contributed by atoms with E-state index in [9.17, 15) is 19.7 Å². The van der Waals surface area contributed by atoms with E-state index in [1.807, 2.05) is 0 Å². The summed E-state index contributed by atoms with van der Waals surface area (Å²) < 4.78 is 15.4. The number of benzene rings is 2. The van der Waals surface area contributed by atoms with Gasteiger partial charge in [-0.2, -0.15) is 0 Å². The Bertz CT molecular complexity index is 1090. The minimum absolute atomic E-state index is 0.00201. The molecule has 3 rings (SSSR count). The molecule has 9 heteroatoms. The van der Waals surface area contributed by atoms with E-state index >= 15 is 0 Å². The number of hydrogen-bond donors (Lipinski definition) is 0. The molecule has 0 atom stereocenters. The average molecular weight is 396 g/mol. The van der Waals surface area contributed by atoms with Crippen molar-refractivity contribution < 1.29 is 28.7 Å². The molecule has 0 N–H and O–H groups in total. The minimum Gasteiger partial charge on any atom is -0.493 e. The van der Waals surface area contributed by atoms with Crippen LogP contribution < -0.4 is 9.47 Å². The third kappa shape index (κ3) is 4.29. The summed E-state index contributed by atoms with van der Waals surface area (Å²) in [5, 5.41) is 11.1. The number of carbonyl (C=O) groups is 2. The second-order valence-corrected chi connectivity index (χ2v) is 6.10. The van der Waals surface area contributed by atoms with Crippen LogP contribution in [-0.2, 0) is 14.3 Å². The molecular weight excluding hydrogens is 380 g/mol. The first-order chi connectivity index (χ1) is 13.8. The molecule has 9 nitrogen and oxygen atoms in total. The number of esters is 2. The summed E-state index contributed by atoms with van der Waals surface area (Å²) in [5.74, 6) is -0.701. The Morgan fingerprint density at radius 2 is 1.97 bits per heavy atom. The van der Waals surface area contributed by atoms with Crippen LogP contribution in [0.1, 0.15) is 23.6 Å². The summed E-state index contributed by atoms with van der Waals surface area (Å²) in [6.45, 7) is 2.87. The van der Waals surface area contributed by atoms with Crippen LogP contribution in [0.4, 0.5) is 5.69 Å². The summed E-state index contributed by atoms with van der Waals surface area (Å²) in [4.78, 5) is 38.2. The number of cyclic esters (lactones) is 1. The zero-order valence-corrected chi connectivity index (χ0v) is 15.8. The number of ether oxygens (including phenoxy) is 3. The number of nitro groups is 1. The Morgan fingerprint density at radius 3 is 2.62 bits per heavy atom. The molecule has 1 aliphatic heterocycles. The van der Waals surface area contributed by atoms with Gasteiger partial charge in [-0.05, 0) is 36.8 Å². The van der Waals surface area contributed by atoms with E-state index in [0.717, 1.165) is 0 Å². The van der Waals surface area contributed by atoms with E-state index in [4.69, 9.17) is 14.2 Å². The highest BCUT2D eigenvalue weighted by Crippen LogP contribution is 2.30. The van der Waals surface area contributed by atoms with Gasteiger partial charge in [-0.15, -0.1) is 0 Å². The number of aryl methyl sites for hydroxylation is 1. The smallest absolute Gasteiger partial charge is 0.363 e. The maximum atomic E-state index is 12.2. The normalized spacial score (nSPS) is 14.4. The molecule has 1 heterocycles. The molecule has 0 saturated carbocycles. The Hall–Kier alpha value is -4.01. The van der Waals surface area contributed by atoms with E-state index in [2.05, 4.69) is 4.99 Å². The van der Waals surface area contributed by atoms with Crippen molar-refractivity contribution in [2.75, 3.05) is 7.11 Å². The third-order valence-corrected chi connectivity index (χ3v) is 4.02. The van der Waals surface area contributed by atoms with Crippen molar-refractivity contribution >= 4 is 29.6 Å². The van der Waals surface area contributed by atoms with Crippen molar-refractivity contribution in [1.29, 1.82) is 0 Å². The highest BCUT2D eigenvalue weighted by Gasteiger charge is 2.26. The summed E-state index contributed by atoms with van der Waals surface area (Å²) in [7, 11) is 1.44. The van der Waals surface area contributed by atoms with Gasteiger partial charge < -0.3 is 14.2 Å². The van der Waals surface area contributed by atoms with Crippen LogP contribution >= 0.6 is 0 Å². The van der Waals surface area contributed by atoms with Gasteiger partial charge in [-0.1, -0.05) is 12.1 Å². The highest BCUT2D eigenvalue weighted by molar-refractivity contribution is 6.13. The lowest BCUT2D eigenvalue weighted by atomic mass is 10.1. The van der Waals surface area contributed by atoms with Crippen molar-refractivity contribution in [2.24, 2.45) is 4.99 Å². The predicted octanol–water partition coefficient (Wildman–Crippen LogP) is 3.18. The molecule has 2 aromatic carbocycles. The molecule has 0 spiro atoms. The molecule has 0 bridgehead atoms. The second kappa shape index (κ2) is 7.93. The average Bonchev–Trinajstić information content (AvgIpc) is 3.02. The zero-order valence-electron chi connectivity index (χ0n) is 15.8. The summed E-state index contributed by atoms with van der Waals surface area (Å²) in [6.07, 6.45) is 1.45. The highest BCUT2D eigenvalue weighted by atomic mass is 16.6. The Balaban J connectivity index is 1.96. The van der Waals surface area contributed by atoms with Crippen LogP contribution in [-0.4, -0.2) is 29.9 Å². The fourth-order valence-electron chi connectivity index (χ4n) is 2.65. The molecule has 0 saturated heterocycles. The van der Waals surface area contributed by atoms with E-state index in [-0.39, 0.29) is 23.0 Å². The van der Waals surface area contributed by atoms with Crippen LogP contribution in [0.5, 0.6) is 11.5 Å². The van der Waals surface area contributed by atoms with Gasteiger partial charge in [0.1, 0.15) is 0 Å². The number of aliphatic imine (C=N–C) groups is 1. The molecule has 148 valence electrons. The van der Waals surface area contributed by atoms with Crippen molar-refractivity contribution in [1.82, 2.24) is 0 Å². The summed E-state index contributed by atoms with van der Waals surface area (Å²) >= 11 is 0. The van der Waals surface area contributed by atoms with Gasteiger partial charge in [0.05, 0.1) is 12.0 Å². The first kappa shape index (κ1) is 19.7. The van der Waals surface area contributed by atoms with Crippen molar-refractivity contribution in [3.05, 3.63) is 68.9 Å². The van der Waals surface area contributed by atoms with Crippen LogP contribution in [0.25, 0.3) is 6.08 Å². The van der Waals surface area contributed by atoms with Gasteiger partial charge >= 0.3 is 11.9 Å². The van der Waals surface area contributed by atoms with Crippen LogP contribution in [0.15, 0.2) is 47.1 Å². The lowest BCUT2D eigenvalue weighted by molar-refractivity contribution is -0.385. The Labute approximate surface area is 165 Å². The molecular formula is C20H16N2O7. The number of nitro benzene ring substituents is 1. The maximum Gasteiger partial charge on any atom is 0.363 e. The molecule has 0 radical (unpaired) electrons. The van der Waals surface area contributed by atoms with Crippen molar-refractivity contribution in [3.63, 3.8) is 0 Å². The van der Waals surface area contributed by atoms with Gasteiger partial charge in [-0.3, -0.25) is 14.9 Å². The van der Waals surface area contributed by atoms with Crippen LogP contribution in [0, 0.1) is 17.0 Å². The van der Waals surface area contributed by atoms with Crippen molar-refractivity contribution in [2.45, 2.75) is 13.8 Å².